The van der Waals surface area contributed by atoms with Gasteiger partial charge in [-0.1, -0.05) is 6.92 Å². The number of nitrogens with zero attached hydrogens (tertiary/aromatic N) is 2. The number of H-pyrrole nitrogens is 1. The van der Waals surface area contributed by atoms with Crippen molar-refractivity contribution < 1.29 is 4.79 Å². The first-order valence-electron chi connectivity index (χ1n) is 9.86. The third-order valence-electron chi connectivity index (χ3n) is 6.57. The standard InChI is InChI=1S/C20H31N3O/c1-3-16-14(2)21-18-12-15-6-9-23(11-10-22-7-4-5-8-22)13-17(15)20(24)19(16)18/h15,17,21H,3-13H2,1-2H3. The molecule has 2 unspecified atom stereocenters. The van der Waals surface area contributed by atoms with Crippen molar-refractivity contribution in [2.24, 2.45) is 11.8 Å². The number of ketones is 1. The van der Waals surface area contributed by atoms with Gasteiger partial charge in [-0.25, -0.2) is 0 Å². The Morgan fingerprint density at radius 3 is 2.62 bits per heavy atom. The van der Waals surface area contributed by atoms with Gasteiger partial charge < -0.3 is 14.8 Å². The number of aryl methyl sites for hydroxylation is 1. The summed E-state index contributed by atoms with van der Waals surface area (Å²) in [6.07, 6.45) is 5.93. The third kappa shape index (κ3) is 2.84. The van der Waals surface area contributed by atoms with Crippen LogP contribution in [0.5, 0.6) is 0 Å². The summed E-state index contributed by atoms with van der Waals surface area (Å²) in [6, 6.07) is 0. The molecule has 1 aromatic rings. The molecule has 2 saturated heterocycles. The van der Waals surface area contributed by atoms with Crippen LogP contribution in [0.4, 0.5) is 0 Å². The quantitative estimate of drug-likeness (QED) is 0.923. The Labute approximate surface area is 145 Å². The Balaban J connectivity index is 1.45. The van der Waals surface area contributed by atoms with E-state index >= 15 is 0 Å². The van der Waals surface area contributed by atoms with Gasteiger partial charge in [0.2, 0.25) is 0 Å². The number of aromatic nitrogens is 1. The van der Waals surface area contributed by atoms with Gasteiger partial charge in [0.25, 0.3) is 0 Å². The van der Waals surface area contributed by atoms with E-state index in [2.05, 4.69) is 28.6 Å². The molecule has 4 heteroatoms. The van der Waals surface area contributed by atoms with Crippen molar-refractivity contribution in [3.8, 4) is 0 Å². The van der Waals surface area contributed by atoms with E-state index in [9.17, 15) is 4.79 Å². The SMILES string of the molecule is CCc1c(C)[nH]c2c1C(=O)C1CN(CCN3CCCC3)CCC1C2. The van der Waals surface area contributed by atoms with Crippen LogP contribution in [0.15, 0.2) is 0 Å². The molecule has 3 aliphatic rings. The molecule has 2 atom stereocenters. The highest BCUT2D eigenvalue weighted by Crippen LogP contribution is 2.38. The highest BCUT2D eigenvalue weighted by Gasteiger charge is 2.41. The van der Waals surface area contributed by atoms with Gasteiger partial charge in [-0.15, -0.1) is 0 Å². The lowest BCUT2D eigenvalue weighted by atomic mass is 9.72. The van der Waals surface area contributed by atoms with Gasteiger partial charge in [-0.05, 0) is 70.1 Å². The van der Waals surface area contributed by atoms with Gasteiger partial charge >= 0.3 is 0 Å². The van der Waals surface area contributed by atoms with Crippen LogP contribution in [0.1, 0.15) is 53.5 Å². The summed E-state index contributed by atoms with van der Waals surface area (Å²) in [7, 11) is 0. The summed E-state index contributed by atoms with van der Waals surface area (Å²) in [5.41, 5.74) is 4.75. The van der Waals surface area contributed by atoms with Crippen molar-refractivity contribution in [1.82, 2.24) is 14.8 Å². The second-order valence-electron chi connectivity index (χ2n) is 8.01. The molecule has 1 aromatic heterocycles. The number of Topliss-reactive ketones (excluding diaryl/α,β-unsaturated/α-hetero) is 1. The minimum absolute atomic E-state index is 0.227. The fourth-order valence-electron chi connectivity index (χ4n) is 5.18. The topological polar surface area (TPSA) is 39.3 Å². The number of rotatable bonds is 4. The molecule has 0 radical (unpaired) electrons. The van der Waals surface area contributed by atoms with Crippen molar-refractivity contribution in [2.75, 3.05) is 39.3 Å². The van der Waals surface area contributed by atoms with Gasteiger partial charge in [-0.3, -0.25) is 4.79 Å². The second-order valence-corrected chi connectivity index (χ2v) is 8.01. The van der Waals surface area contributed by atoms with Crippen molar-refractivity contribution in [3.05, 3.63) is 22.5 Å². The fourth-order valence-corrected chi connectivity index (χ4v) is 5.18. The summed E-state index contributed by atoms with van der Waals surface area (Å²) in [4.78, 5) is 21.8. The van der Waals surface area contributed by atoms with Crippen molar-refractivity contribution in [2.45, 2.75) is 46.0 Å². The molecule has 1 aliphatic carbocycles. The van der Waals surface area contributed by atoms with E-state index in [0.29, 0.717) is 11.7 Å². The van der Waals surface area contributed by atoms with Gasteiger partial charge in [-0.2, -0.15) is 0 Å². The molecule has 24 heavy (non-hydrogen) atoms. The van der Waals surface area contributed by atoms with E-state index in [0.717, 1.165) is 38.0 Å². The minimum atomic E-state index is 0.227. The van der Waals surface area contributed by atoms with E-state index in [4.69, 9.17) is 0 Å². The Kier molecular flexibility index (Phi) is 4.52. The lowest BCUT2D eigenvalue weighted by Gasteiger charge is -2.40. The molecule has 3 heterocycles. The molecule has 0 spiro atoms. The van der Waals surface area contributed by atoms with Gasteiger partial charge in [0.15, 0.2) is 5.78 Å². The second kappa shape index (κ2) is 6.64. The van der Waals surface area contributed by atoms with Crippen LogP contribution >= 0.6 is 0 Å². The van der Waals surface area contributed by atoms with Crippen molar-refractivity contribution in [3.63, 3.8) is 0 Å². The van der Waals surface area contributed by atoms with Crippen LogP contribution in [-0.2, 0) is 12.8 Å². The van der Waals surface area contributed by atoms with Gasteiger partial charge in [0, 0.05) is 42.5 Å². The zero-order valence-electron chi connectivity index (χ0n) is 15.2. The Bertz CT molecular complexity index is 615. The number of fused-ring (bicyclic) bond motifs is 2. The molecule has 1 N–H and O–H groups in total. The smallest absolute Gasteiger partial charge is 0.169 e. The van der Waals surface area contributed by atoms with Crippen LogP contribution < -0.4 is 0 Å². The summed E-state index contributed by atoms with van der Waals surface area (Å²) >= 11 is 0. The normalized spacial score (nSPS) is 28.2. The predicted octanol–water partition coefficient (Wildman–Crippen LogP) is 2.66. The van der Waals surface area contributed by atoms with Crippen LogP contribution in [0.2, 0.25) is 0 Å². The van der Waals surface area contributed by atoms with E-state index in [1.165, 1.54) is 55.8 Å². The van der Waals surface area contributed by atoms with E-state index in [-0.39, 0.29) is 5.92 Å². The summed E-state index contributed by atoms with van der Waals surface area (Å²) in [5, 5.41) is 0. The molecule has 2 fully saturated rings. The molecule has 0 amide bonds. The average Bonchev–Trinajstić information content (AvgIpc) is 3.20. The number of hydrogen-bond donors (Lipinski definition) is 1. The maximum Gasteiger partial charge on any atom is 0.169 e. The van der Waals surface area contributed by atoms with E-state index < -0.39 is 0 Å². The maximum absolute atomic E-state index is 13.2. The number of likely N-dealkylation sites (tertiary alicyclic amines) is 2. The summed E-state index contributed by atoms with van der Waals surface area (Å²) in [5.74, 6) is 1.20. The summed E-state index contributed by atoms with van der Waals surface area (Å²) < 4.78 is 0. The van der Waals surface area contributed by atoms with Gasteiger partial charge in [0.1, 0.15) is 0 Å². The highest BCUT2D eigenvalue weighted by atomic mass is 16.1. The molecule has 4 nitrogen and oxygen atoms in total. The van der Waals surface area contributed by atoms with Crippen molar-refractivity contribution in [1.29, 1.82) is 0 Å². The number of aromatic amines is 1. The molecule has 132 valence electrons. The molecule has 4 rings (SSSR count). The summed E-state index contributed by atoms with van der Waals surface area (Å²) in [6.45, 7) is 11.3. The Morgan fingerprint density at radius 1 is 1.12 bits per heavy atom. The molecule has 0 bridgehead atoms. The fraction of sp³-hybridized carbons (Fsp3) is 0.750. The zero-order valence-corrected chi connectivity index (χ0v) is 15.2. The first kappa shape index (κ1) is 16.3. The molecule has 0 saturated carbocycles. The van der Waals surface area contributed by atoms with E-state index in [1.807, 2.05) is 0 Å². The molecular weight excluding hydrogens is 298 g/mol. The molecule has 2 aliphatic heterocycles. The van der Waals surface area contributed by atoms with Crippen molar-refractivity contribution >= 4 is 5.78 Å². The lowest BCUT2D eigenvalue weighted by Crippen LogP contribution is -2.48. The zero-order chi connectivity index (χ0) is 16.7. The van der Waals surface area contributed by atoms with Crippen LogP contribution in [0, 0.1) is 18.8 Å². The predicted molar refractivity (Wildman–Crippen MR) is 96.7 cm³/mol. The van der Waals surface area contributed by atoms with E-state index in [1.54, 1.807) is 0 Å². The first-order valence-corrected chi connectivity index (χ1v) is 9.86. The maximum atomic E-state index is 13.2. The number of hydrogen-bond acceptors (Lipinski definition) is 3. The number of carbonyl (C=O) groups is 1. The Morgan fingerprint density at radius 2 is 1.88 bits per heavy atom. The minimum Gasteiger partial charge on any atom is -0.362 e. The van der Waals surface area contributed by atoms with Crippen LogP contribution in [0.3, 0.4) is 0 Å². The van der Waals surface area contributed by atoms with Crippen LogP contribution in [-0.4, -0.2) is 59.8 Å². The monoisotopic (exact) mass is 329 g/mol. The average molecular weight is 329 g/mol. The first-order chi connectivity index (χ1) is 11.7. The van der Waals surface area contributed by atoms with Gasteiger partial charge in [0.05, 0.1) is 0 Å². The third-order valence-corrected chi connectivity index (χ3v) is 6.57. The molecule has 0 aromatic carbocycles. The number of carbonyl (C=O) groups excluding carboxylic acids is 1. The highest BCUT2D eigenvalue weighted by molar-refractivity contribution is 6.02. The van der Waals surface area contributed by atoms with Crippen LogP contribution in [0.25, 0.3) is 0 Å². The lowest BCUT2D eigenvalue weighted by molar-refractivity contribution is 0.0642. The number of piperidine rings is 1. The largest absolute Gasteiger partial charge is 0.362 e. The molecular formula is C20H31N3O. The number of nitrogens with one attached hydrogen (secondary N) is 1. The Hall–Kier alpha value is -1.13.